The molecule has 0 aromatic heterocycles. The quantitative estimate of drug-likeness (QED) is 0.306. The lowest BCUT2D eigenvalue weighted by atomic mass is 10.0. The fraction of sp³-hybridized carbons (Fsp3) is 0.882. The number of rotatable bonds is 15. The van der Waals surface area contributed by atoms with Crippen molar-refractivity contribution in [1.82, 2.24) is 0 Å². The van der Waals surface area contributed by atoms with Crippen molar-refractivity contribution in [2.45, 2.75) is 90.4 Å². The molecule has 19 heavy (non-hydrogen) atoms. The molecule has 0 heterocycles. The Labute approximate surface area is 119 Å². The molecule has 0 aliphatic carbocycles. The molecule has 0 aliphatic rings. The molecule has 112 valence electrons. The number of carbonyl (C=O) groups is 2. The van der Waals surface area contributed by atoms with Crippen molar-refractivity contribution in [3.63, 3.8) is 0 Å². The zero-order valence-corrected chi connectivity index (χ0v) is 12.7. The summed E-state index contributed by atoms with van der Waals surface area (Å²) in [5, 5.41) is 0. The van der Waals surface area contributed by atoms with Crippen molar-refractivity contribution in [2.75, 3.05) is 0 Å². The predicted molar refractivity (Wildman–Crippen MR) is 81.3 cm³/mol. The minimum absolute atomic E-state index is 0.249. The highest BCUT2D eigenvalue weighted by Crippen LogP contribution is 2.13. The van der Waals surface area contributed by atoms with Gasteiger partial charge in [-0.25, -0.2) is 0 Å². The van der Waals surface area contributed by atoms with Gasteiger partial charge >= 0.3 is 0 Å². The Hall–Kier alpha value is -0.660. The molecule has 2 heteroatoms. The molecule has 0 rings (SSSR count). The molecule has 0 fully saturated rings. The number of hydrogen-bond donors (Lipinski definition) is 0. The van der Waals surface area contributed by atoms with Crippen molar-refractivity contribution < 1.29 is 9.59 Å². The maximum Gasteiger partial charge on any atom is 0.122 e. The lowest BCUT2D eigenvalue weighted by molar-refractivity contribution is -0.111. The second-order valence-corrected chi connectivity index (χ2v) is 5.75. The summed E-state index contributed by atoms with van der Waals surface area (Å²) < 4.78 is 0. The Morgan fingerprint density at radius 2 is 1.11 bits per heavy atom. The first kappa shape index (κ1) is 18.3. The number of hydrogen-bond acceptors (Lipinski definition) is 2. The van der Waals surface area contributed by atoms with Crippen molar-refractivity contribution in [2.24, 2.45) is 5.92 Å². The van der Waals surface area contributed by atoms with Gasteiger partial charge < -0.3 is 9.59 Å². The van der Waals surface area contributed by atoms with Crippen LogP contribution >= 0.6 is 0 Å². The monoisotopic (exact) mass is 268 g/mol. The fourth-order valence-corrected chi connectivity index (χ4v) is 2.35. The van der Waals surface area contributed by atoms with E-state index in [1.54, 1.807) is 0 Å². The second kappa shape index (κ2) is 15.4. The summed E-state index contributed by atoms with van der Waals surface area (Å²) in [6, 6.07) is 0. The summed E-state index contributed by atoms with van der Waals surface area (Å²) in [5.41, 5.74) is 0. The highest BCUT2D eigenvalue weighted by Gasteiger charge is 1.98. The Morgan fingerprint density at radius 3 is 1.53 bits per heavy atom. The first-order chi connectivity index (χ1) is 9.31. The second-order valence-electron chi connectivity index (χ2n) is 5.75. The molecule has 0 amide bonds. The Kier molecular flexibility index (Phi) is 14.9. The molecule has 1 atom stereocenters. The van der Waals surface area contributed by atoms with Crippen LogP contribution in [-0.4, -0.2) is 12.6 Å². The van der Waals surface area contributed by atoms with Crippen LogP contribution in [0.5, 0.6) is 0 Å². The van der Waals surface area contributed by atoms with E-state index in [-0.39, 0.29) is 5.92 Å². The Morgan fingerprint density at radius 1 is 0.684 bits per heavy atom. The molecule has 1 unspecified atom stereocenters. The third-order valence-electron chi connectivity index (χ3n) is 3.71. The molecule has 0 aromatic rings. The lowest BCUT2D eigenvalue weighted by Crippen LogP contribution is -1.94. The van der Waals surface area contributed by atoms with Crippen molar-refractivity contribution >= 4 is 12.6 Å². The van der Waals surface area contributed by atoms with Crippen LogP contribution in [0.2, 0.25) is 0 Å². The fourth-order valence-electron chi connectivity index (χ4n) is 2.35. The molecule has 0 aliphatic heterocycles. The predicted octanol–water partition coefficient (Wildman–Crippen LogP) is 5.09. The van der Waals surface area contributed by atoms with E-state index in [0.717, 1.165) is 31.8 Å². The molecule has 0 aromatic carbocycles. The highest BCUT2D eigenvalue weighted by atomic mass is 16.1. The summed E-state index contributed by atoms with van der Waals surface area (Å²) in [4.78, 5) is 20.6. The van der Waals surface area contributed by atoms with E-state index in [2.05, 4.69) is 0 Å². The number of unbranched alkanes of at least 4 members (excludes halogenated alkanes) is 11. The highest BCUT2D eigenvalue weighted by molar-refractivity contribution is 5.52. The van der Waals surface area contributed by atoms with Crippen LogP contribution in [0.1, 0.15) is 90.4 Å². The topological polar surface area (TPSA) is 34.1 Å². The first-order valence-corrected chi connectivity index (χ1v) is 8.20. The molecule has 0 radical (unpaired) electrons. The van der Waals surface area contributed by atoms with Gasteiger partial charge in [0, 0.05) is 12.3 Å². The average Bonchev–Trinajstić information content (AvgIpc) is 2.43. The third kappa shape index (κ3) is 15.3. The van der Waals surface area contributed by atoms with Gasteiger partial charge in [0.1, 0.15) is 12.6 Å². The van der Waals surface area contributed by atoms with Gasteiger partial charge in [0.2, 0.25) is 0 Å². The number of aldehydes is 2. The third-order valence-corrected chi connectivity index (χ3v) is 3.71. The summed E-state index contributed by atoms with van der Waals surface area (Å²) in [6.45, 7) is 2.00. The van der Waals surface area contributed by atoms with E-state index < -0.39 is 0 Å². The summed E-state index contributed by atoms with van der Waals surface area (Å²) in [5.74, 6) is 0.249. The minimum atomic E-state index is 0.249. The van der Waals surface area contributed by atoms with Gasteiger partial charge in [-0.3, -0.25) is 0 Å². The zero-order valence-electron chi connectivity index (χ0n) is 12.7. The minimum Gasteiger partial charge on any atom is -0.303 e. The van der Waals surface area contributed by atoms with Gasteiger partial charge in [-0.1, -0.05) is 71.1 Å². The zero-order chi connectivity index (χ0) is 14.2. The Bertz CT molecular complexity index is 201. The molecule has 0 bridgehead atoms. The average molecular weight is 268 g/mol. The van der Waals surface area contributed by atoms with Crippen molar-refractivity contribution in [3.8, 4) is 0 Å². The van der Waals surface area contributed by atoms with Gasteiger partial charge in [0.25, 0.3) is 0 Å². The van der Waals surface area contributed by atoms with Crippen LogP contribution in [0.25, 0.3) is 0 Å². The molecule has 0 N–H and O–H groups in total. The van der Waals surface area contributed by atoms with E-state index >= 15 is 0 Å². The van der Waals surface area contributed by atoms with Crippen LogP contribution in [0, 0.1) is 5.92 Å². The standard InChI is InChI=1S/C17H32O2/c1-17(16-19)14-12-10-8-6-4-2-3-5-7-9-11-13-15-18/h15-17H,2-14H2,1H3. The molecular weight excluding hydrogens is 236 g/mol. The van der Waals surface area contributed by atoms with E-state index in [0.29, 0.717) is 0 Å². The normalized spacial score (nSPS) is 12.3. The Balaban J connectivity index is 2.99. The molecule has 2 nitrogen and oxygen atoms in total. The van der Waals surface area contributed by atoms with E-state index in [1.807, 2.05) is 6.92 Å². The first-order valence-electron chi connectivity index (χ1n) is 8.20. The van der Waals surface area contributed by atoms with Crippen LogP contribution in [0.4, 0.5) is 0 Å². The van der Waals surface area contributed by atoms with Gasteiger partial charge in [0.15, 0.2) is 0 Å². The van der Waals surface area contributed by atoms with Crippen LogP contribution < -0.4 is 0 Å². The van der Waals surface area contributed by atoms with E-state index in [4.69, 9.17) is 0 Å². The van der Waals surface area contributed by atoms with Gasteiger partial charge in [-0.15, -0.1) is 0 Å². The van der Waals surface area contributed by atoms with Crippen LogP contribution in [0.3, 0.4) is 0 Å². The van der Waals surface area contributed by atoms with Crippen LogP contribution in [0.15, 0.2) is 0 Å². The maximum atomic E-state index is 10.4. The van der Waals surface area contributed by atoms with Crippen molar-refractivity contribution in [1.29, 1.82) is 0 Å². The van der Waals surface area contributed by atoms with Gasteiger partial charge in [-0.05, 0) is 12.8 Å². The number of carbonyl (C=O) groups excluding carboxylic acids is 2. The van der Waals surface area contributed by atoms with Gasteiger partial charge in [-0.2, -0.15) is 0 Å². The molecule has 0 saturated carbocycles. The van der Waals surface area contributed by atoms with Gasteiger partial charge in [0.05, 0.1) is 0 Å². The smallest absolute Gasteiger partial charge is 0.122 e. The molecule has 0 saturated heterocycles. The maximum absolute atomic E-state index is 10.4. The molecule has 0 spiro atoms. The summed E-state index contributed by atoms with van der Waals surface area (Å²) in [7, 11) is 0. The summed E-state index contributed by atoms with van der Waals surface area (Å²) in [6.07, 6.45) is 18.0. The summed E-state index contributed by atoms with van der Waals surface area (Å²) >= 11 is 0. The van der Waals surface area contributed by atoms with Crippen molar-refractivity contribution in [3.05, 3.63) is 0 Å². The largest absolute Gasteiger partial charge is 0.303 e. The molecular formula is C17H32O2. The van der Waals surface area contributed by atoms with E-state index in [1.165, 1.54) is 64.2 Å². The SMILES string of the molecule is CC(C=O)CCCCCCCCCCCCCC=O. The lowest BCUT2D eigenvalue weighted by Gasteiger charge is -2.04. The van der Waals surface area contributed by atoms with Crippen LogP contribution in [-0.2, 0) is 9.59 Å². The van der Waals surface area contributed by atoms with E-state index in [9.17, 15) is 9.59 Å².